The Morgan fingerprint density at radius 3 is 2.58 bits per heavy atom. The molecule has 4 atom stereocenters. The molecule has 1 heterocycles. The average Bonchev–Trinajstić information content (AvgIpc) is 3.11. The molecule has 0 aromatic carbocycles. The van der Waals surface area contributed by atoms with Crippen molar-refractivity contribution in [1.29, 1.82) is 0 Å². The molecule has 1 aliphatic carbocycles. The molecule has 1 saturated heterocycles. The lowest BCUT2D eigenvalue weighted by Gasteiger charge is -2.33. The minimum Gasteiger partial charge on any atom is -0.460 e. The van der Waals surface area contributed by atoms with Gasteiger partial charge in [0.15, 0.2) is 0 Å². The third-order valence-electron chi connectivity index (χ3n) is 5.96. The molecule has 2 aliphatic rings. The molecule has 0 bridgehead atoms. The quantitative estimate of drug-likeness (QED) is 0.438. The third kappa shape index (κ3) is 5.95. The second-order valence-electron chi connectivity index (χ2n) is 8.96. The van der Waals surface area contributed by atoms with E-state index in [1.54, 1.807) is 0 Å². The fraction of sp³-hybridized carbons (Fsp3) is 0.773. The van der Waals surface area contributed by atoms with Gasteiger partial charge in [-0.3, -0.25) is 4.79 Å². The molecule has 0 aromatic rings. The topological polar surface area (TPSA) is 59.1 Å². The van der Waals surface area contributed by atoms with Gasteiger partial charge in [-0.05, 0) is 66.7 Å². The Labute approximate surface area is 158 Å². The number of fused-ring (bicyclic) bond motifs is 1. The number of epoxide rings is 1. The maximum Gasteiger partial charge on any atom is 0.303 e. The van der Waals surface area contributed by atoms with Crippen molar-refractivity contribution in [3.63, 3.8) is 0 Å². The van der Waals surface area contributed by atoms with Gasteiger partial charge in [0, 0.05) is 19.3 Å². The minimum absolute atomic E-state index is 0.180. The van der Waals surface area contributed by atoms with E-state index >= 15 is 0 Å². The number of aliphatic hydroxyl groups excluding tert-OH is 1. The first-order valence-electron chi connectivity index (χ1n) is 9.90. The molecular formula is C22H36O4. The van der Waals surface area contributed by atoms with Crippen LogP contribution in [0.25, 0.3) is 0 Å². The Kier molecular flexibility index (Phi) is 6.73. The van der Waals surface area contributed by atoms with Gasteiger partial charge in [0.25, 0.3) is 0 Å². The lowest BCUT2D eigenvalue weighted by molar-refractivity contribution is -0.159. The number of carbonyl (C=O) groups excluding carboxylic acids is 1. The van der Waals surface area contributed by atoms with E-state index in [9.17, 15) is 9.90 Å². The Morgan fingerprint density at radius 2 is 1.92 bits per heavy atom. The van der Waals surface area contributed by atoms with Crippen LogP contribution in [-0.4, -0.2) is 34.5 Å². The molecule has 148 valence electrons. The number of carbonyl (C=O) groups is 1. The van der Waals surface area contributed by atoms with Crippen LogP contribution >= 0.6 is 0 Å². The van der Waals surface area contributed by atoms with Crippen molar-refractivity contribution in [1.82, 2.24) is 0 Å². The summed E-state index contributed by atoms with van der Waals surface area (Å²) in [5.41, 5.74) is 1.85. The summed E-state index contributed by atoms with van der Waals surface area (Å²) in [5, 5.41) is 10.4. The van der Waals surface area contributed by atoms with E-state index in [0.717, 1.165) is 32.1 Å². The standard InChI is InChI=1S/C22H36O4/c1-15-7-10-18(21(4,5)25-17(3)23)11-8-16(2)13-19(24)14-22(6)20(26-22)12-9-15/h7,13,18-20,24H,8-12,14H2,1-6H3. The van der Waals surface area contributed by atoms with Gasteiger partial charge in [-0.1, -0.05) is 23.3 Å². The second-order valence-corrected chi connectivity index (χ2v) is 8.96. The first kappa shape index (κ1) is 21.2. The molecule has 2 rings (SSSR count). The monoisotopic (exact) mass is 364 g/mol. The normalized spacial score (nSPS) is 34.0. The molecule has 0 saturated carbocycles. The SMILES string of the molecule is CC(=O)OC(C)(C)C1CC=C(C)CCC2OC2(C)CC(O)C=C(C)CC1. The molecule has 0 amide bonds. The molecule has 0 spiro atoms. The van der Waals surface area contributed by atoms with Crippen molar-refractivity contribution in [3.05, 3.63) is 23.3 Å². The van der Waals surface area contributed by atoms with Crippen molar-refractivity contribution in [2.75, 3.05) is 0 Å². The van der Waals surface area contributed by atoms with Crippen LogP contribution in [0.5, 0.6) is 0 Å². The lowest BCUT2D eigenvalue weighted by Crippen LogP contribution is -2.36. The molecule has 4 heteroatoms. The highest BCUT2D eigenvalue weighted by Crippen LogP contribution is 2.44. The van der Waals surface area contributed by atoms with Gasteiger partial charge in [0.05, 0.1) is 17.8 Å². The Morgan fingerprint density at radius 1 is 1.27 bits per heavy atom. The van der Waals surface area contributed by atoms with E-state index in [1.807, 2.05) is 19.9 Å². The van der Waals surface area contributed by atoms with Crippen molar-refractivity contribution in [2.24, 2.45) is 5.92 Å². The number of hydrogen-bond acceptors (Lipinski definition) is 4. The third-order valence-corrected chi connectivity index (χ3v) is 5.96. The zero-order chi connectivity index (χ0) is 19.5. The lowest BCUT2D eigenvalue weighted by atomic mass is 9.82. The van der Waals surface area contributed by atoms with Crippen LogP contribution in [0.15, 0.2) is 23.3 Å². The molecule has 4 unspecified atom stereocenters. The fourth-order valence-corrected chi connectivity index (χ4v) is 4.13. The van der Waals surface area contributed by atoms with Crippen molar-refractivity contribution in [3.8, 4) is 0 Å². The van der Waals surface area contributed by atoms with E-state index in [2.05, 4.69) is 26.8 Å². The molecule has 4 nitrogen and oxygen atoms in total. The molecule has 26 heavy (non-hydrogen) atoms. The fourth-order valence-electron chi connectivity index (χ4n) is 4.13. The van der Waals surface area contributed by atoms with E-state index < -0.39 is 11.7 Å². The zero-order valence-electron chi connectivity index (χ0n) is 17.3. The zero-order valence-corrected chi connectivity index (χ0v) is 17.3. The number of rotatable bonds is 2. The van der Waals surface area contributed by atoms with Gasteiger partial charge in [0.2, 0.25) is 0 Å². The summed E-state index contributed by atoms with van der Waals surface area (Å²) in [4.78, 5) is 11.5. The first-order chi connectivity index (χ1) is 12.0. The molecule has 1 N–H and O–H groups in total. The van der Waals surface area contributed by atoms with Gasteiger partial charge in [-0.25, -0.2) is 0 Å². The number of ether oxygens (including phenoxy) is 2. The highest BCUT2D eigenvalue weighted by atomic mass is 16.6. The summed E-state index contributed by atoms with van der Waals surface area (Å²) < 4.78 is 11.5. The number of esters is 1. The van der Waals surface area contributed by atoms with Gasteiger partial charge in [-0.15, -0.1) is 0 Å². The Bertz CT molecular complexity index is 575. The maximum absolute atomic E-state index is 11.5. The summed E-state index contributed by atoms with van der Waals surface area (Å²) in [7, 11) is 0. The van der Waals surface area contributed by atoms with Gasteiger partial charge < -0.3 is 14.6 Å². The number of aliphatic hydroxyl groups is 1. The highest BCUT2D eigenvalue weighted by Gasteiger charge is 2.52. The summed E-state index contributed by atoms with van der Waals surface area (Å²) in [5.74, 6) is 0.00943. The van der Waals surface area contributed by atoms with E-state index in [4.69, 9.17) is 9.47 Å². The number of hydrogen-bond donors (Lipinski definition) is 1. The van der Waals surface area contributed by atoms with Crippen LogP contribution < -0.4 is 0 Å². The molecule has 0 radical (unpaired) electrons. The second kappa shape index (κ2) is 8.26. The Hall–Kier alpha value is -1.13. The summed E-state index contributed by atoms with van der Waals surface area (Å²) in [6.07, 6.45) is 9.40. The smallest absolute Gasteiger partial charge is 0.303 e. The van der Waals surface area contributed by atoms with Crippen LogP contribution in [0.2, 0.25) is 0 Å². The van der Waals surface area contributed by atoms with Crippen molar-refractivity contribution >= 4 is 5.97 Å². The van der Waals surface area contributed by atoms with Gasteiger partial charge >= 0.3 is 5.97 Å². The van der Waals surface area contributed by atoms with Gasteiger partial charge in [-0.2, -0.15) is 0 Å². The summed E-state index contributed by atoms with van der Waals surface area (Å²) >= 11 is 0. The van der Waals surface area contributed by atoms with E-state index in [-0.39, 0.29) is 23.6 Å². The number of allylic oxidation sites excluding steroid dienone is 3. The van der Waals surface area contributed by atoms with Crippen LogP contribution in [0.4, 0.5) is 0 Å². The highest BCUT2D eigenvalue weighted by molar-refractivity contribution is 5.66. The molecule has 1 fully saturated rings. The van der Waals surface area contributed by atoms with Crippen LogP contribution in [0.1, 0.15) is 80.1 Å². The predicted octanol–water partition coefficient (Wildman–Crippen LogP) is 4.71. The minimum atomic E-state index is -0.503. The first-order valence-corrected chi connectivity index (χ1v) is 9.90. The predicted molar refractivity (Wildman–Crippen MR) is 104 cm³/mol. The van der Waals surface area contributed by atoms with Crippen LogP contribution in [-0.2, 0) is 14.3 Å². The van der Waals surface area contributed by atoms with E-state index in [1.165, 1.54) is 18.1 Å². The van der Waals surface area contributed by atoms with Crippen LogP contribution in [0, 0.1) is 5.92 Å². The average molecular weight is 365 g/mol. The molecule has 1 aliphatic heterocycles. The summed E-state index contributed by atoms with van der Waals surface area (Å²) in [6, 6.07) is 0. The summed E-state index contributed by atoms with van der Waals surface area (Å²) in [6.45, 7) is 11.8. The van der Waals surface area contributed by atoms with Crippen LogP contribution in [0.3, 0.4) is 0 Å². The molecule has 0 aromatic heterocycles. The van der Waals surface area contributed by atoms with Crippen molar-refractivity contribution < 1.29 is 19.4 Å². The Balaban J connectivity index is 2.16. The molecular weight excluding hydrogens is 328 g/mol. The largest absolute Gasteiger partial charge is 0.460 e. The van der Waals surface area contributed by atoms with E-state index in [0.29, 0.717) is 6.42 Å². The van der Waals surface area contributed by atoms with Crippen molar-refractivity contribution in [2.45, 2.75) is 103 Å². The maximum atomic E-state index is 11.5. The van der Waals surface area contributed by atoms with Gasteiger partial charge in [0.1, 0.15) is 5.60 Å².